The lowest BCUT2D eigenvalue weighted by Crippen LogP contribution is -2.46. The predicted molar refractivity (Wildman–Crippen MR) is 79.2 cm³/mol. The van der Waals surface area contributed by atoms with Crippen LogP contribution >= 0.6 is 0 Å². The zero-order valence-electron chi connectivity index (χ0n) is 12.9. The van der Waals surface area contributed by atoms with Gasteiger partial charge in [-0.25, -0.2) is 19.2 Å². The average Bonchev–Trinajstić information content (AvgIpc) is 2.46. The Morgan fingerprint density at radius 1 is 1.41 bits per heavy atom. The van der Waals surface area contributed by atoms with Crippen molar-refractivity contribution in [1.29, 1.82) is 0 Å². The molecule has 0 radical (unpaired) electrons. The van der Waals surface area contributed by atoms with Gasteiger partial charge in [0.25, 0.3) is 0 Å². The number of nitrogens with zero attached hydrogens (tertiary/aromatic N) is 3. The van der Waals surface area contributed by atoms with Crippen LogP contribution in [0.2, 0.25) is 0 Å². The van der Waals surface area contributed by atoms with Crippen LogP contribution in [0, 0.1) is 5.82 Å². The Balaban J connectivity index is 2.02. The van der Waals surface area contributed by atoms with Crippen molar-refractivity contribution in [1.82, 2.24) is 14.9 Å². The molecule has 2 unspecified atom stereocenters. The summed E-state index contributed by atoms with van der Waals surface area (Å²) in [6.07, 6.45) is 3.02. The molecule has 1 aromatic heterocycles. The number of piperidine rings is 1. The minimum atomic E-state index is -1.48. The van der Waals surface area contributed by atoms with Crippen LogP contribution in [0.4, 0.5) is 9.18 Å². The third kappa shape index (κ3) is 4.46. The fraction of sp³-hybridized carbons (Fsp3) is 0.643. The molecule has 8 heteroatoms. The molecule has 1 aliphatic rings. The summed E-state index contributed by atoms with van der Waals surface area (Å²) in [7, 11) is -1.48. The number of rotatable bonds is 2. The highest BCUT2D eigenvalue weighted by molar-refractivity contribution is 7.85. The number of carbonyl (C=O) groups is 1. The summed E-state index contributed by atoms with van der Waals surface area (Å²) < 4.78 is 30.6. The maximum atomic E-state index is 12.8. The molecular weight excluding hydrogens is 309 g/mol. The molecule has 1 saturated heterocycles. The van der Waals surface area contributed by atoms with E-state index in [1.807, 2.05) is 0 Å². The fourth-order valence-electron chi connectivity index (χ4n) is 2.16. The number of ether oxygens (including phenoxy) is 1. The Morgan fingerprint density at radius 2 is 2.05 bits per heavy atom. The van der Waals surface area contributed by atoms with Gasteiger partial charge in [-0.15, -0.1) is 0 Å². The van der Waals surface area contributed by atoms with Crippen LogP contribution in [-0.2, 0) is 15.5 Å². The first-order valence-electron chi connectivity index (χ1n) is 7.12. The Morgan fingerprint density at radius 3 is 2.64 bits per heavy atom. The normalized spacial score (nSPS) is 20.5. The molecule has 1 aromatic rings. The third-order valence-electron chi connectivity index (χ3n) is 3.11. The number of likely N-dealkylation sites (tertiary alicyclic amines) is 1. The molecule has 1 aliphatic heterocycles. The lowest BCUT2D eigenvalue weighted by atomic mass is 10.1. The van der Waals surface area contributed by atoms with E-state index in [0.29, 0.717) is 19.5 Å². The van der Waals surface area contributed by atoms with Gasteiger partial charge in [-0.1, -0.05) is 0 Å². The monoisotopic (exact) mass is 329 g/mol. The van der Waals surface area contributed by atoms with Crippen molar-refractivity contribution in [3.05, 3.63) is 18.2 Å². The third-order valence-corrected chi connectivity index (χ3v) is 4.67. The quantitative estimate of drug-likeness (QED) is 0.777. The van der Waals surface area contributed by atoms with Gasteiger partial charge in [0, 0.05) is 13.1 Å². The van der Waals surface area contributed by atoms with E-state index in [9.17, 15) is 13.4 Å². The molecule has 2 rings (SSSR count). The topological polar surface area (TPSA) is 72.4 Å². The van der Waals surface area contributed by atoms with E-state index in [2.05, 4.69) is 9.97 Å². The molecule has 122 valence electrons. The standard InChI is InChI=1S/C14H20FN3O3S/c1-14(2,3)21-13(19)18-6-4-5-11(9-18)22(20)12-16-7-10(15)8-17-12/h7-8,11H,4-6,9H2,1-3H3. The van der Waals surface area contributed by atoms with E-state index < -0.39 is 28.3 Å². The molecule has 0 spiro atoms. The second-order valence-corrected chi connectivity index (χ2v) is 7.80. The van der Waals surface area contributed by atoms with Gasteiger partial charge in [-0.2, -0.15) is 0 Å². The lowest BCUT2D eigenvalue weighted by molar-refractivity contribution is 0.0219. The van der Waals surface area contributed by atoms with Crippen LogP contribution in [0.15, 0.2) is 17.6 Å². The maximum Gasteiger partial charge on any atom is 0.410 e. The van der Waals surface area contributed by atoms with Gasteiger partial charge in [0.05, 0.1) is 28.4 Å². The minimum Gasteiger partial charge on any atom is -0.444 e. The molecule has 0 aromatic carbocycles. The number of carbonyl (C=O) groups excluding carboxylic acids is 1. The van der Waals surface area contributed by atoms with Crippen LogP contribution < -0.4 is 0 Å². The Hall–Kier alpha value is -1.57. The fourth-order valence-corrected chi connectivity index (χ4v) is 3.47. The number of amides is 1. The van der Waals surface area contributed by atoms with Crippen LogP contribution in [-0.4, -0.2) is 49.1 Å². The van der Waals surface area contributed by atoms with Crippen molar-refractivity contribution in [2.45, 2.75) is 49.6 Å². The van der Waals surface area contributed by atoms with Crippen LogP contribution in [0.25, 0.3) is 0 Å². The summed E-state index contributed by atoms with van der Waals surface area (Å²) in [4.78, 5) is 21.2. The smallest absolute Gasteiger partial charge is 0.410 e. The highest BCUT2D eigenvalue weighted by atomic mass is 32.2. The first-order valence-corrected chi connectivity index (χ1v) is 8.33. The molecular formula is C14H20FN3O3S. The molecule has 22 heavy (non-hydrogen) atoms. The first kappa shape index (κ1) is 16.8. The summed E-state index contributed by atoms with van der Waals surface area (Å²) >= 11 is 0. The van der Waals surface area contributed by atoms with E-state index in [1.165, 1.54) is 0 Å². The van der Waals surface area contributed by atoms with Crippen molar-refractivity contribution < 1.29 is 18.1 Å². The van der Waals surface area contributed by atoms with Gasteiger partial charge in [0.15, 0.2) is 5.82 Å². The van der Waals surface area contributed by atoms with Crippen molar-refractivity contribution in [2.24, 2.45) is 0 Å². The zero-order chi connectivity index (χ0) is 16.3. The molecule has 1 amide bonds. The van der Waals surface area contributed by atoms with E-state index >= 15 is 0 Å². The average molecular weight is 329 g/mol. The Bertz CT molecular complexity index is 559. The van der Waals surface area contributed by atoms with Gasteiger partial charge >= 0.3 is 6.09 Å². The molecule has 2 atom stereocenters. The van der Waals surface area contributed by atoms with E-state index in [1.54, 1.807) is 25.7 Å². The largest absolute Gasteiger partial charge is 0.444 e. The molecule has 6 nitrogen and oxygen atoms in total. The molecule has 2 heterocycles. The highest BCUT2D eigenvalue weighted by Gasteiger charge is 2.31. The van der Waals surface area contributed by atoms with Crippen LogP contribution in [0.1, 0.15) is 33.6 Å². The number of hydrogen-bond acceptors (Lipinski definition) is 5. The van der Waals surface area contributed by atoms with Gasteiger partial charge in [-0.3, -0.25) is 4.21 Å². The summed E-state index contributed by atoms with van der Waals surface area (Å²) in [5.74, 6) is -0.570. The zero-order valence-corrected chi connectivity index (χ0v) is 13.7. The van der Waals surface area contributed by atoms with Crippen LogP contribution in [0.3, 0.4) is 0 Å². The first-order chi connectivity index (χ1) is 10.3. The van der Waals surface area contributed by atoms with Gasteiger partial charge in [0.2, 0.25) is 5.16 Å². The Kier molecular flexibility index (Phi) is 5.10. The molecule has 0 aliphatic carbocycles. The van der Waals surface area contributed by atoms with Gasteiger partial charge in [0.1, 0.15) is 5.60 Å². The molecule has 0 N–H and O–H groups in total. The summed E-state index contributed by atoms with van der Waals surface area (Å²) in [6, 6.07) is 0. The maximum absolute atomic E-state index is 12.8. The lowest BCUT2D eigenvalue weighted by Gasteiger charge is -2.33. The van der Waals surface area contributed by atoms with Gasteiger partial charge in [-0.05, 0) is 33.6 Å². The Labute approximate surface area is 131 Å². The predicted octanol–water partition coefficient (Wildman–Crippen LogP) is 2.12. The van der Waals surface area contributed by atoms with Crippen molar-refractivity contribution in [3.8, 4) is 0 Å². The van der Waals surface area contributed by atoms with Crippen molar-refractivity contribution >= 4 is 16.9 Å². The summed E-state index contributed by atoms with van der Waals surface area (Å²) in [5, 5.41) is -0.177. The van der Waals surface area contributed by atoms with Gasteiger partial charge < -0.3 is 9.64 Å². The number of aromatic nitrogens is 2. The number of hydrogen-bond donors (Lipinski definition) is 0. The second-order valence-electron chi connectivity index (χ2n) is 6.17. The highest BCUT2D eigenvalue weighted by Crippen LogP contribution is 2.20. The molecule has 1 fully saturated rings. The van der Waals surface area contributed by atoms with Crippen molar-refractivity contribution in [2.75, 3.05) is 13.1 Å². The second kappa shape index (κ2) is 6.68. The van der Waals surface area contributed by atoms with Crippen molar-refractivity contribution in [3.63, 3.8) is 0 Å². The van der Waals surface area contributed by atoms with E-state index in [0.717, 1.165) is 18.8 Å². The minimum absolute atomic E-state index is 0.0949. The summed E-state index contributed by atoms with van der Waals surface area (Å²) in [6.45, 7) is 6.31. The molecule has 0 bridgehead atoms. The number of halogens is 1. The molecule has 0 saturated carbocycles. The van der Waals surface area contributed by atoms with E-state index in [4.69, 9.17) is 4.74 Å². The summed E-state index contributed by atoms with van der Waals surface area (Å²) in [5.41, 5.74) is -0.566. The SMILES string of the molecule is CC(C)(C)OC(=O)N1CCCC(S(=O)c2ncc(F)cn2)C1. The van der Waals surface area contributed by atoms with Crippen LogP contribution in [0.5, 0.6) is 0 Å². The van der Waals surface area contributed by atoms with E-state index in [-0.39, 0.29) is 10.4 Å².